The molecule has 1 aromatic heterocycles. The summed E-state index contributed by atoms with van der Waals surface area (Å²) >= 11 is 9.47. The number of nitrogens with one attached hydrogen (secondary N) is 1. The highest BCUT2D eigenvalue weighted by atomic mass is 79.9. The third kappa shape index (κ3) is 2.99. The molecular weight excluding hydrogens is 300 g/mol. The highest BCUT2D eigenvalue weighted by molar-refractivity contribution is 9.10. The zero-order valence-electron chi connectivity index (χ0n) is 9.59. The number of aryl methyl sites for hydroxylation is 2. The van der Waals surface area contributed by atoms with E-state index in [0.717, 1.165) is 32.1 Å². The number of rotatable bonds is 2. The molecular formula is C13H12BrClN2. The van der Waals surface area contributed by atoms with E-state index < -0.39 is 0 Å². The minimum Gasteiger partial charge on any atom is -0.340 e. The van der Waals surface area contributed by atoms with Crippen LogP contribution in [0.5, 0.6) is 0 Å². The van der Waals surface area contributed by atoms with Gasteiger partial charge in [0.2, 0.25) is 0 Å². The van der Waals surface area contributed by atoms with E-state index >= 15 is 0 Å². The predicted molar refractivity (Wildman–Crippen MR) is 76.1 cm³/mol. The van der Waals surface area contributed by atoms with Crippen LogP contribution in [-0.4, -0.2) is 4.98 Å². The third-order valence-electron chi connectivity index (χ3n) is 2.48. The smallest absolute Gasteiger partial charge is 0.133 e. The van der Waals surface area contributed by atoms with Gasteiger partial charge in [0.1, 0.15) is 5.82 Å². The first-order valence-corrected chi connectivity index (χ1v) is 6.38. The number of nitrogens with zero attached hydrogens (tertiary/aromatic N) is 1. The summed E-state index contributed by atoms with van der Waals surface area (Å²) in [6.45, 7) is 3.99. The third-order valence-corrected chi connectivity index (χ3v) is 3.32. The lowest BCUT2D eigenvalue weighted by molar-refractivity contribution is 1.24. The van der Waals surface area contributed by atoms with Gasteiger partial charge in [-0.25, -0.2) is 4.98 Å². The lowest BCUT2D eigenvalue weighted by Gasteiger charge is -2.09. The number of anilines is 2. The topological polar surface area (TPSA) is 24.9 Å². The van der Waals surface area contributed by atoms with Crippen molar-refractivity contribution in [3.8, 4) is 0 Å². The molecule has 0 aliphatic heterocycles. The Morgan fingerprint density at radius 3 is 2.59 bits per heavy atom. The first-order valence-electron chi connectivity index (χ1n) is 5.21. The molecule has 0 saturated carbocycles. The maximum atomic E-state index is 6.08. The predicted octanol–water partition coefficient (Wildman–Crippen LogP) is 4.86. The Morgan fingerprint density at radius 2 is 1.94 bits per heavy atom. The Hall–Kier alpha value is -1.06. The van der Waals surface area contributed by atoms with Crippen LogP contribution in [0.25, 0.3) is 0 Å². The standard InChI is InChI=1S/C13H12BrClN2/c1-8-3-4-11(6-12(8)15)17-13-9(2)5-10(14)7-16-13/h3-7H,1-2H3,(H,16,17). The normalized spacial score (nSPS) is 10.4. The van der Waals surface area contributed by atoms with Crippen molar-refractivity contribution in [2.24, 2.45) is 0 Å². The average Bonchev–Trinajstić information content (AvgIpc) is 2.27. The zero-order chi connectivity index (χ0) is 12.4. The number of pyridine rings is 1. The molecule has 0 saturated heterocycles. The second kappa shape index (κ2) is 5.07. The molecule has 1 N–H and O–H groups in total. The molecule has 17 heavy (non-hydrogen) atoms. The van der Waals surface area contributed by atoms with Crippen molar-refractivity contribution < 1.29 is 0 Å². The molecule has 0 fully saturated rings. The van der Waals surface area contributed by atoms with E-state index in [-0.39, 0.29) is 0 Å². The van der Waals surface area contributed by atoms with Gasteiger partial charge in [-0.2, -0.15) is 0 Å². The molecule has 4 heteroatoms. The molecule has 0 atom stereocenters. The number of aromatic nitrogens is 1. The van der Waals surface area contributed by atoms with Crippen molar-refractivity contribution in [1.29, 1.82) is 0 Å². The molecule has 0 spiro atoms. The first kappa shape index (κ1) is 12.4. The van der Waals surface area contributed by atoms with Crippen LogP contribution in [-0.2, 0) is 0 Å². The maximum Gasteiger partial charge on any atom is 0.133 e. The summed E-state index contributed by atoms with van der Waals surface area (Å²) in [5, 5.41) is 4.01. The Morgan fingerprint density at radius 1 is 1.18 bits per heavy atom. The van der Waals surface area contributed by atoms with Gasteiger partial charge in [-0.15, -0.1) is 0 Å². The number of hydrogen-bond acceptors (Lipinski definition) is 2. The van der Waals surface area contributed by atoms with Gasteiger partial charge in [0.15, 0.2) is 0 Å². The van der Waals surface area contributed by atoms with Crippen molar-refractivity contribution >= 4 is 39.0 Å². The summed E-state index contributed by atoms with van der Waals surface area (Å²) in [6, 6.07) is 7.90. The molecule has 2 aromatic rings. The number of halogens is 2. The second-order valence-corrected chi connectivity index (χ2v) is 5.23. The molecule has 0 unspecified atom stereocenters. The molecule has 2 nitrogen and oxygen atoms in total. The van der Waals surface area contributed by atoms with Gasteiger partial charge >= 0.3 is 0 Å². The molecule has 1 aromatic carbocycles. The van der Waals surface area contributed by atoms with Crippen molar-refractivity contribution in [2.75, 3.05) is 5.32 Å². The highest BCUT2D eigenvalue weighted by Crippen LogP contribution is 2.24. The Labute approximate surface area is 114 Å². The van der Waals surface area contributed by atoms with Crippen molar-refractivity contribution in [2.45, 2.75) is 13.8 Å². The zero-order valence-corrected chi connectivity index (χ0v) is 11.9. The van der Waals surface area contributed by atoms with Crippen molar-refractivity contribution in [3.05, 3.63) is 51.1 Å². The van der Waals surface area contributed by atoms with Gasteiger partial charge < -0.3 is 5.32 Å². The molecule has 2 rings (SSSR count). The lowest BCUT2D eigenvalue weighted by atomic mass is 10.2. The fourth-order valence-electron chi connectivity index (χ4n) is 1.48. The summed E-state index contributed by atoms with van der Waals surface area (Å²) in [7, 11) is 0. The molecule has 88 valence electrons. The monoisotopic (exact) mass is 310 g/mol. The molecule has 0 radical (unpaired) electrons. The van der Waals surface area contributed by atoms with E-state index in [2.05, 4.69) is 26.2 Å². The SMILES string of the molecule is Cc1ccc(Nc2ncc(Br)cc2C)cc1Cl. The fourth-order valence-corrected chi connectivity index (χ4v) is 2.10. The summed E-state index contributed by atoms with van der Waals surface area (Å²) in [4.78, 5) is 4.32. The highest BCUT2D eigenvalue weighted by Gasteiger charge is 2.03. The summed E-state index contributed by atoms with van der Waals surface area (Å²) in [6.07, 6.45) is 1.77. The fraction of sp³-hybridized carbons (Fsp3) is 0.154. The van der Waals surface area contributed by atoms with Gasteiger partial charge in [0.25, 0.3) is 0 Å². The number of hydrogen-bond donors (Lipinski definition) is 1. The minimum atomic E-state index is 0.754. The summed E-state index contributed by atoms with van der Waals surface area (Å²) in [5.74, 6) is 0.841. The van der Waals surface area contributed by atoms with Gasteiger partial charge in [-0.3, -0.25) is 0 Å². The molecule has 0 amide bonds. The number of benzene rings is 1. The van der Waals surface area contributed by atoms with Gasteiger partial charge in [0, 0.05) is 21.4 Å². The van der Waals surface area contributed by atoms with Gasteiger partial charge in [-0.1, -0.05) is 17.7 Å². The Kier molecular flexibility index (Phi) is 3.69. The summed E-state index contributed by atoms with van der Waals surface area (Å²) < 4.78 is 0.975. The summed E-state index contributed by atoms with van der Waals surface area (Å²) in [5.41, 5.74) is 3.09. The van der Waals surface area contributed by atoms with E-state index in [1.54, 1.807) is 6.20 Å². The lowest BCUT2D eigenvalue weighted by Crippen LogP contribution is -1.96. The van der Waals surface area contributed by atoms with Gasteiger partial charge in [0.05, 0.1) is 0 Å². The van der Waals surface area contributed by atoms with Crippen LogP contribution in [0.3, 0.4) is 0 Å². The quantitative estimate of drug-likeness (QED) is 0.857. The van der Waals surface area contributed by atoms with E-state index in [1.165, 1.54) is 0 Å². The van der Waals surface area contributed by atoms with E-state index in [0.29, 0.717) is 0 Å². The maximum absolute atomic E-state index is 6.08. The van der Waals surface area contributed by atoms with Crippen molar-refractivity contribution in [3.63, 3.8) is 0 Å². The Balaban J connectivity index is 2.28. The molecule has 1 heterocycles. The van der Waals surface area contributed by atoms with Gasteiger partial charge in [-0.05, 0) is 59.1 Å². The molecule has 0 bridgehead atoms. The van der Waals surface area contributed by atoms with Crippen LogP contribution >= 0.6 is 27.5 Å². The van der Waals surface area contributed by atoms with Crippen LogP contribution in [0.15, 0.2) is 34.9 Å². The average molecular weight is 312 g/mol. The largest absolute Gasteiger partial charge is 0.340 e. The van der Waals surface area contributed by atoms with Crippen LogP contribution in [0.2, 0.25) is 5.02 Å². The van der Waals surface area contributed by atoms with Crippen LogP contribution in [0, 0.1) is 13.8 Å². The van der Waals surface area contributed by atoms with Crippen LogP contribution < -0.4 is 5.32 Å². The van der Waals surface area contributed by atoms with E-state index in [4.69, 9.17) is 11.6 Å². The van der Waals surface area contributed by atoms with E-state index in [1.807, 2.05) is 38.1 Å². The minimum absolute atomic E-state index is 0.754. The van der Waals surface area contributed by atoms with Crippen LogP contribution in [0.1, 0.15) is 11.1 Å². The van der Waals surface area contributed by atoms with E-state index in [9.17, 15) is 0 Å². The Bertz CT molecular complexity index is 555. The molecule has 0 aliphatic rings. The van der Waals surface area contributed by atoms with Crippen molar-refractivity contribution in [1.82, 2.24) is 4.98 Å². The first-order chi connectivity index (χ1) is 8.06. The second-order valence-electron chi connectivity index (χ2n) is 3.91. The molecule has 0 aliphatic carbocycles. The van der Waals surface area contributed by atoms with Crippen LogP contribution in [0.4, 0.5) is 11.5 Å².